The molecular weight excluding hydrogens is 346 g/mol. The van der Waals surface area contributed by atoms with Gasteiger partial charge in [0.2, 0.25) is 12.7 Å². The van der Waals surface area contributed by atoms with Crippen LogP contribution >= 0.6 is 0 Å². The Labute approximate surface area is 159 Å². The summed E-state index contributed by atoms with van der Waals surface area (Å²) in [5.74, 6) is 1.69. The van der Waals surface area contributed by atoms with Crippen LogP contribution < -0.4 is 15.2 Å². The Kier molecular flexibility index (Phi) is 5.20. The second-order valence-corrected chi connectivity index (χ2v) is 7.59. The Morgan fingerprint density at radius 3 is 2.78 bits per heavy atom. The molecule has 2 N–H and O–H groups in total. The zero-order chi connectivity index (χ0) is 18.8. The average Bonchev–Trinajstić information content (AvgIpc) is 3.36. The maximum Gasteiger partial charge on any atom is 0.254 e. The van der Waals surface area contributed by atoms with Gasteiger partial charge in [-0.15, -0.1) is 0 Å². The van der Waals surface area contributed by atoms with E-state index in [1.165, 1.54) is 0 Å². The number of carbonyl (C=O) groups excluding carboxylic acids is 2. The summed E-state index contributed by atoms with van der Waals surface area (Å²) in [5, 5.41) is 0. The standard InChI is InChI=1S/C20H27N3O4/c21-8-7-14-3-1-9-22(12-14)20(25)16-4-2-10-23(16)19(24)15-5-6-17-18(11-15)27-13-26-17/h5-6,11,14,16H,1-4,7-10,12-13,21H2. The Morgan fingerprint density at radius 2 is 1.93 bits per heavy atom. The van der Waals surface area contributed by atoms with E-state index in [1.807, 2.05) is 4.90 Å². The molecule has 4 rings (SSSR count). The van der Waals surface area contributed by atoms with E-state index in [0.29, 0.717) is 36.1 Å². The molecule has 0 aromatic heterocycles. The molecule has 2 amide bonds. The zero-order valence-electron chi connectivity index (χ0n) is 15.6. The van der Waals surface area contributed by atoms with Crippen LogP contribution in [0.3, 0.4) is 0 Å². The number of piperidine rings is 1. The largest absolute Gasteiger partial charge is 0.454 e. The number of hydrogen-bond acceptors (Lipinski definition) is 5. The molecule has 3 heterocycles. The van der Waals surface area contributed by atoms with E-state index in [4.69, 9.17) is 15.2 Å². The summed E-state index contributed by atoms with van der Waals surface area (Å²) in [4.78, 5) is 29.9. The lowest BCUT2D eigenvalue weighted by atomic mass is 9.94. The van der Waals surface area contributed by atoms with Crippen LogP contribution in [0.15, 0.2) is 18.2 Å². The van der Waals surface area contributed by atoms with Gasteiger partial charge in [0.25, 0.3) is 5.91 Å². The number of hydrogen-bond donors (Lipinski definition) is 1. The molecule has 1 aromatic carbocycles. The van der Waals surface area contributed by atoms with Crippen LogP contribution in [0.5, 0.6) is 11.5 Å². The minimum atomic E-state index is -0.362. The van der Waals surface area contributed by atoms with Crippen molar-refractivity contribution in [3.05, 3.63) is 23.8 Å². The lowest BCUT2D eigenvalue weighted by Gasteiger charge is -2.36. The fraction of sp³-hybridized carbons (Fsp3) is 0.600. The first-order valence-corrected chi connectivity index (χ1v) is 9.87. The van der Waals surface area contributed by atoms with Crippen LogP contribution in [-0.4, -0.2) is 60.6 Å². The summed E-state index contributed by atoms with van der Waals surface area (Å²) in [6, 6.07) is 4.85. The lowest BCUT2D eigenvalue weighted by Crippen LogP contribution is -2.50. The van der Waals surface area contributed by atoms with Crippen LogP contribution in [-0.2, 0) is 4.79 Å². The molecule has 0 spiro atoms. The van der Waals surface area contributed by atoms with E-state index >= 15 is 0 Å². The van der Waals surface area contributed by atoms with Gasteiger partial charge in [0.05, 0.1) is 0 Å². The average molecular weight is 373 g/mol. The normalized spacial score (nSPS) is 24.3. The number of benzene rings is 1. The van der Waals surface area contributed by atoms with Gasteiger partial charge in [-0.25, -0.2) is 0 Å². The third-order valence-electron chi connectivity index (χ3n) is 5.82. The number of ether oxygens (including phenoxy) is 2. The van der Waals surface area contributed by atoms with Gasteiger partial charge in [0.15, 0.2) is 11.5 Å². The molecule has 27 heavy (non-hydrogen) atoms. The summed E-state index contributed by atoms with van der Waals surface area (Å²) in [5.41, 5.74) is 6.23. The van der Waals surface area contributed by atoms with Gasteiger partial charge in [0, 0.05) is 25.2 Å². The number of amides is 2. The van der Waals surface area contributed by atoms with E-state index in [9.17, 15) is 9.59 Å². The molecule has 0 radical (unpaired) electrons. The van der Waals surface area contributed by atoms with Gasteiger partial charge in [-0.1, -0.05) is 0 Å². The molecule has 2 atom stereocenters. The third kappa shape index (κ3) is 3.60. The smallest absolute Gasteiger partial charge is 0.254 e. The molecule has 0 saturated carbocycles. The maximum absolute atomic E-state index is 13.1. The number of carbonyl (C=O) groups is 2. The zero-order valence-corrected chi connectivity index (χ0v) is 15.6. The van der Waals surface area contributed by atoms with Gasteiger partial charge in [-0.05, 0) is 62.8 Å². The van der Waals surface area contributed by atoms with Gasteiger partial charge < -0.3 is 25.0 Å². The second-order valence-electron chi connectivity index (χ2n) is 7.59. The predicted octanol–water partition coefficient (Wildman–Crippen LogP) is 1.61. The third-order valence-corrected chi connectivity index (χ3v) is 5.82. The Morgan fingerprint density at radius 1 is 1.11 bits per heavy atom. The van der Waals surface area contributed by atoms with E-state index in [1.54, 1.807) is 23.1 Å². The number of nitrogens with two attached hydrogens (primary N) is 1. The summed E-state index contributed by atoms with van der Waals surface area (Å²) >= 11 is 0. The highest BCUT2D eigenvalue weighted by Gasteiger charge is 2.38. The molecule has 3 aliphatic rings. The Balaban J connectivity index is 1.46. The Bertz CT molecular complexity index is 721. The van der Waals surface area contributed by atoms with Crippen molar-refractivity contribution in [2.24, 2.45) is 11.7 Å². The molecule has 2 fully saturated rings. The molecular formula is C20H27N3O4. The number of fused-ring (bicyclic) bond motifs is 1. The monoisotopic (exact) mass is 373 g/mol. The number of rotatable bonds is 4. The first-order valence-electron chi connectivity index (χ1n) is 9.87. The van der Waals surface area contributed by atoms with Crippen LogP contribution in [0, 0.1) is 5.92 Å². The molecule has 2 saturated heterocycles. The van der Waals surface area contributed by atoms with Gasteiger partial charge >= 0.3 is 0 Å². The van der Waals surface area contributed by atoms with Crippen molar-refractivity contribution in [3.8, 4) is 11.5 Å². The maximum atomic E-state index is 13.1. The lowest BCUT2D eigenvalue weighted by molar-refractivity contribution is -0.137. The van der Waals surface area contributed by atoms with Crippen molar-refractivity contribution < 1.29 is 19.1 Å². The van der Waals surface area contributed by atoms with E-state index in [0.717, 1.165) is 45.2 Å². The van der Waals surface area contributed by atoms with Gasteiger partial charge in [-0.3, -0.25) is 9.59 Å². The summed E-state index contributed by atoms with van der Waals surface area (Å²) in [6.07, 6.45) is 4.68. The number of likely N-dealkylation sites (tertiary alicyclic amines) is 2. The first kappa shape index (κ1) is 18.1. The highest BCUT2D eigenvalue weighted by Crippen LogP contribution is 2.34. The highest BCUT2D eigenvalue weighted by molar-refractivity contribution is 5.98. The molecule has 7 nitrogen and oxygen atoms in total. The van der Waals surface area contributed by atoms with E-state index < -0.39 is 0 Å². The molecule has 146 valence electrons. The fourth-order valence-electron chi connectivity index (χ4n) is 4.41. The van der Waals surface area contributed by atoms with Crippen LogP contribution in [0.25, 0.3) is 0 Å². The molecule has 0 aliphatic carbocycles. The van der Waals surface area contributed by atoms with Gasteiger partial charge in [-0.2, -0.15) is 0 Å². The van der Waals surface area contributed by atoms with Crippen molar-refractivity contribution in [3.63, 3.8) is 0 Å². The second kappa shape index (κ2) is 7.76. The van der Waals surface area contributed by atoms with Gasteiger partial charge in [0.1, 0.15) is 6.04 Å². The summed E-state index contributed by atoms with van der Waals surface area (Å²) in [7, 11) is 0. The number of nitrogens with zero attached hydrogens (tertiary/aromatic N) is 2. The molecule has 2 unspecified atom stereocenters. The Hall–Kier alpha value is -2.28. The SMILES string of the molecule is NCCC1CCCN(C(=O)C2CCCN2C(=O)c2ccc3c(c2)OCO3)C1. The topological polar surface area (TPSA) is 85.1 Å². The van der Waals surface area contributed by atoms with Crippen LogP contribution in [0.4, 0.5) is 0 Å². The van der Waals surface area contributed by atoms with Crippen molar-refractivity contribution in [1.29, 1.82) is 0 Å². The highest BCUT2D eigenvalue weighted by atomic mass is 16.7. The van der Waals surface area contributed by atoms with Crippen LogP contribution in [0.1, 0.15) is 42.5 Å². The summed E-state index contributed by atoms with van der Waals surface area (Å²) < 4.78 is 10.7. The molecule has 3 aliphatic heterocycles. The molecule has 0 bridgehead atoms. The van der Waals surface area contributed by atoms with Crippen molar-refractivity contribution >= 4 is 11.8 Å². The quantitative estimate of drug-likeness (QED) is 0.867. The minimum Gasteiger partial charge on any atom is -0.454 e. The first-order chi connectivity index (χ1) is 13.2. The molecule has 7 heteroatoms. The van der Waals surface area contributed by atoms with Crippen molar-refractivity contribution in [2.45, 2.75) is 38.1 Å². The van der Waals surface area contributed by atoms with Crippen LogP contribution in [0.2, 0.25) is 0 Å². The van der Waals surface area contributed by atoms with Crippen molar-refractivity contribution in [2.75, 3.05) is 33.0 Å². The minimum absolute atomic E-state index is 0.0864. The van der Waals surface area contributed by atoms with Crippen molar-refractivity contribution in [1.82, 2.24) is 9.80 Å². The van der Waals surface area contributed by atoms with E-state index in [2.05, 4.69) is 0 Å². The fourth-order valence-corrected chi connectivity index (χ4v) is 4.41. The predicted molar refractivity (Wildman–Crippen MR) is 99.6 cm³/mol. The molecule has 1 aromatic rings. The van der Waals surface area contributed by atoms with E-state index in [-0.39, 0.29) is 24.6 Å². The summed E-state index contributed by atoms with van der Waals surface area (Å²) in [6.45, 7) is 2.99.